The topological polar surface area (TPSA) is 29.5 Å². The van der Waals surface area contributed by atoms with E-state index >= 15 is 0 Å². The molecule has 0 aromatic heterocycles. The molecule has 2 unspecified atom stereocenters. The lowest BCUT2D eigenvalue weighted by molar-refractivity contribution is -0.143. The van der Waals surface area contributed by atoms with Crippen molar-refractivity contribution >= 4 is 5.97 Å². The highest BCUT2D eigenvalue weighted by molar-refractivity contribution is 5.69. The first-order valence-corrected chi connectivity index (χ1v) is 7.19. The van der Waals surface area contributed by atoms with Crippen LogP contribution in [0.4, 0.5) is 0 Å². The van der Waals surface area contributed by atoms with E-state index in [1.807, 2.05) is 6.92 Å². The maximum Gasteiger partial charge on any atom is 0.305 e. The van der Waals surface area contributed by atoms with Gasteiger partial charge in [0.15, 0.2) is 0 Å². The fraction of sp³-hybridized carbons (Fsp3) is 0.929. The van der Waals surface area contributed by atoms with Crippen molar-refractivity contribution in [3.05, 3.63) is 0 Å². The fourth-order valence-electron chi connectivity index (χ4n) is 3.29. The van der Waals surface area contributed by atoms with Gasteiger partial charge in [0, 0.05) is 19.0 Å². The molecule has 2 bridgehead atoms. The third kappa shape index (κ3) is 3.70. The molecule has 0 N–H and O–H groups in total. The molecule has 2 atom stereocenters. The summed E-state index contributed by atoms with van der Waals surface area (Å²) >= 11 is 0. The average molecular weight is 239 g/mol. The molecule has 2 aliphatic rings. The van der Waals surface area contributed by atoms with E-state index in [0.717, 1.165) is 24.8 Å². The van der Waals surface area contributed by atoms with Gasteiger partial charge in [-0.15, -0.1) is 0 Å². The van der Waals surface area contributed by atoms with Crippen LogP contribution in [0.1, 0.15) is 51.9 Å². The molecule has 0 radical (unpaired) electrons. The molecular weight excluding hydrogens is 214 g/mol. The number of esters is 1. The van der Waals surface area contributed by atoms with Crippen LogP contribution in [-0.2, 0) is 9.53 Å². The highest BCUT2D eigenvalue weighted by Crippen LogP contribution is 2.37. The Morgan fingerprint density at radius 3 is 2.82 bits per heavy atom. The van der Waals surface area contributed by atoms with Crippen LogP contribution in [0, 0.1) is 5.92 Å². The molecule has 0 aromatic rings. The number of unbranched alkanes of at least 4 members (excludes halogenated alkanes) is 2. The van der Waals surface area contributed by atoms with Crippen molar-refractivity contribution in [1.29, 1.82) is 0 Å². The summed E-state index contributed by atoms with van der Waals surface area (Å²) in [5.41, 5.74) is 0. The summed E-state index contributed by atoms with van der Waals surface area (Å²) < 4.78 is 4.91. The van der Waals surface area contributed by atoms with E-state index in [2.05, 4.69) is 4.90 Å². The lowest BCUT2D eigenvalue weighted by Crippen LogP contribution is -2.32. The number of rotatable bonds is 7. The van der Waals surface area contributed by atoms with Gasteiger partial charge in [-0.2, -0.15) is 0 Å². The molecule has 1 saturated heterocycles. The fourth-order valence-corrected chi connectivity index (χ4v) is 3.29. The van der Waals surface area contributed by atoms with Crippen LogP contribution in [0.15, 0.2) is 0 Å². The van der Waals surface area contributed by atoms with E-state index in [-0.39, 0.29) is 5.97 Å². The zero-order chi connectivity index (χ0) is 12.1. The van der Waals surface area contributed by atoms with Gasteiger partial charge in [-0.05, 0) is 51.5 Å². The maximum atomic E-state index is 11.1. The van der Waals surface area contributed by atoms with E-state index in [9.17, 15) is 4.79 Å². The molecule has 3 heteroatoms. The number of nitrogens with zero attached hydrogens (tertiary/aromatic N) is 1. The summed E-state index contributed by atoms with van der Waals surface area (Å²) in [5, 5.41) is 0. The van der Waals surface area contributed by atoms with Crippen LogP contribution in [0.25, 0.3) is 0 Å². The van der Waals surface area contributed by atoms with Gasteiger partial charge >= 0.3 is 5.97 Å². The van der Waals surface area contributed by atoms with E-state index in [4.69, 9.17) is 4.74 Å². The molecule has 1 saturated carbocycles. The smallest absolute Gasteiger partial charge is 0.305 e. The molecule has 98 valence electrons. The monoisotopic (exact) mass is 239 g/mol. The number of hydrogen-bond acceptors (Lipinski definition) is 3. The number of piperidine rings is 1. The van der Waals surface area contributed by atoms with Gasteiger partial charge in [-0.1, -0.05) is 6.42 Å². The molecule has 0 aromatic carbocycles. The molecular formula is C14H25NO2. The molecule has 1 heterocycles. The molecule has 1 aliphatic carbocycles. The Balaban J connectivity index is 1.48. The SMILES string of the molecule is CCOC(=O)CCCCCN1CC2CCC1C2. The van der Waals surface area contributed by atoms with Gasteiger partial charge in [-0.3, -0.25) is 4.79 Å². The van der Waals surface area contributed by atoms with Gasteiger partial charge in [0.25, 0.3) is 0 Å². The van der Waals surface area contributed by atoms with Crippen molar-refractivity contribution in [2.45, 2.75) is 57.9 Å². The summed E-state index contributed by atoms with van der Waals surface area (Å²) in [7, 11) is 0. The molecule has 1 aliphatic heterocycles. The third-order valence-corrected chi connectivity index (χ3v) is 4.15. The van der Waals surface area contributed by atoms with E-state index in [0.29, 0.717) is 13.0 Å². The van der Waals surface area contributed by atoms with Gasteiger partial charge in [-0.25, -0.2) is 0 Å². The minimum atomic E-state index is -0.0345. The number of carbonyl (C=O) groups excluding carboxylic acids is 1. The molecule has 17 heavy (non-hydrogen) atoms. The second-order valence-corrected chi connectivity index (χ2v) is 5.44. The number of ether oxygens (including phenoxy) is 1. The summed E-state index contributed by atoms with van der Waals surface area (Å²) in [4.78, 5) is 13.8. The predicted molar refractivity (Wildman–Crippen MR) is 67.8 cm³/mol. The first kappa shape index (κ1) is 12.9. The molecule has 0 spiro atoms. The van der Waals surface area contributed by atoms with Crippen LogP contribution in [0.2, 0.25) is 0 Å². The predicted octanol–water partition coefficient (Wildman–Crippen LogP) is 2.59. The van der Waals surface area contributed by atoms with Gasteiger partial charge in [0.1, 0.15) is 0 Å². The molecule has 3 nitrogen and oxygen atoms in total. The third-order valence-electron chi connectivity index (χ3n) is 4.15. The normalized spacial score (nSPS) is 27.6. The zero-order valence-corrected chi connectivity index (χ0v) is 11.0. The minimum absolute atomic E-state index is 0.0345. The minimum Gasteiger partial charge on any atom is -0.466 e. The summed E-state index contributed by atoms with van der Waals surface area (Å²) in [6, 6.07) is 0.894. The van der Waals surface area contributed by atoms with Gasteiger partial charge < -0.3 is 9.64 Å². The van der Waals surface area contributed by atoms with Crippen LogP contribution in [0.3, 0.4) is 0 Å². The maximum absolute atomic E-state index is 11.1. The zero-order valence-electron chi connectivity index (χ0n) is 11.0. The first-order valence-electron chi connectivity index (χ1n) is 7.19. The van der Waals surface area contributed by atoms with Crippen molar-refractivity contribution in [2.75, 3.05) is 19.7 Å². The highest BCUT2D eigenvalue weighted by atomic mass is 16.5. The Labute approximate surface area is 105 Å². The second kappa shape index (κ2) is 6.39. The second-order valence-electron chi connectivity index (χ2n) is 5.44. The molecule has 2 rings (SSSR count). The Hall–Kier alpha value is -0.570. The number of hydrogen-bond donors (Lipinski definition) is 0. The Kier molecular flexibility index (Phi) is 4.84. The number of likely N-dealkylation sites (tertiary alicyclic amines) is 1. The molecule has 0 amide bonds. The summed E-state index contributed by atoms with van der Waals surface area (Å²) in [6.07, 6.45) is 8.32. The van der Waals surface area contributed by atoms with Gasteiger partial charge in [0.05, 0.1) is 6.61 Å². The highest BCUT2D eigenvalue weighted by Gasteiger charge is 2.36. The summed E-state index contributed by atoms with van der Waals surface area (Å²) in [5.74, 6) is 0.965. The quantitative estimate of drug-likeness (QED) is 0.505. The number of carbonyl (C=O) groups is 1. The van der Waals surface area contributed by atoms with Crippen molar-refractivity contribution < 1.29 is 9.53 Å². The van der Waals surface area contributed by atoms with E-state index in [1.165, 1.54) is 38.8 Å². The van der Waals surface area contributed by atoms with E-state index < -0.39 is 0 Å². The van der Waals surface area contributed by atoms with Crippen molar-refractivity contribution in [2.24, 2.45) is 5.92 Å². The Bertz CT molecular complexity index is 255. The standard InChI is InChI=1S/C14H25NO2/c1-2-17-14(16)6-4-3-5-9-15-11-12-7-8-13(15)10-12/h12-13H,2-11H2,1H3. The first-order chi connectivity index (χ1) is 8.29. The van der Waals surface area contributed by atoms with Crippen molar-refractivity contribution in [3.63, 3.8) is 0 Å². The average Bonchev–Trinajstić information content (AvgIpc) is 2.91. The van der Waals surface area contributed by atoms with Crippen LogP contribution in [-0.4, -0.2) is 36.6 Å². The van der Waals surface area contributed by atoms with Crippen molar-refractivity contribution in [1.82, 2.24) is 4.90 Å². The molecule has 2 fully saturated rings. The Morgan fingerprint density at radius 1 is 1.29 bits per heavy atom. The lowest BCUT2D eigenvalue weighted by atomic mass is 10.1. The lowest BCUT2D eigenvalue weighted by Gasteiger charge is -2.26. The summed E-state index contributed by atoms with van der Waals surface area (Å²) in [6.45, 7) is 4.95. The van der Waals surface area contributed by atoms with Gasteiger partial charge in [0.2, 0.25) is 0 Å². The van der Waals surface area contributed by atoms with Crippen molar-refractivity contribution in [3.8, 4) is 0 Å². The van der Waals surface area contributed by atoms with Crippen LogP contribution < -0.4 is 0 Å². The Morgan fingerprint density at radius 2 is 2.18 bits per heavy atom. The van der Waals surface area contributed by atoms with E-state index in [1.54, 1.807) is 0 Å². The van der Waals surface area contributed by atoms with Crippen LogP contribution >= 0.6 is 0 Å². The largest absolute Gasteiger partial charge is 0.466 e. The number of fused-ring (bicyclic) bond motifs is 2. The van der Waals surface area contributed by atoms with Crippen LogP contribution in [0.5, 0.6) is 0 Å².